The lowest BCUT2D eigenvalue weighted by Gasteiger charge is -2.41. The zero-order valence-electron chi connectivity index (χ0n) is 34.1. The van der Waals surface area contributed by atoms with Gasteiger partial charge in [0.2, 0.25) is 11.8 Å². The third kappa shape index (κ3) is 8.18. The van der Waals surface area contributed by atoms with Crippen molar-refractivity contribution in [3.63, 3.8) is 0 Å². The number of aryl methyl sites for hydroxylation is 1. The van der Waals surface area contributed by atoms with E-state index in [4.69, 9.17) is 0 Å². The number of imidazole rings is 1. The van der Waals surface area contributed by atoms with Gasteiger partial charge in [-0.1, -0.05) is 17.9 Å². The standard InChI is InChI=1S/C42H46F4N12O4/c1-52-36-27(6-4-8-31(36)58(41(52)62)32-13-14-34(59)50-40(32)61)7-5-16-53-23-42(45,46)24-54(25-53)21-26-9-11-28(12-10-26)57-22-30(35(51-57)37(43)44)48-39(60)29-20-47-56-19-15-33(49-38(29)56)55-17-2-3-18-55/h4,6,8,15,19-20,22,26,28,32,37H,2-3,9-14,16-18,21,23-25H2,1H3,(H,48,60)(H,50,59,61)/t26-,28-,32?. The van der Waals surface area contributed by atoms with Gasteiger partial charge in [-0.15, -0.1) is 0 Å². The van der Waals surface area contributed by atoms with Crippen LogP contribution in [0.5, 0.6) is 0 Å². The summed E-state index contributed by atoms with van der Waals surface area (Å²) < 4.78 is 64.6. The molecule has 16 nitrogen and oxygen atoms in total. The van der Waals surface area contributed by atoms with E-state index in [1.54, 1.807) is 41.2 Å². The Bertz CT molecular complexity index is 2660. The third-order valence-corrected chi connectivity index (χ3v) is 12.4. The van der Waals surface area contributed by atoms with E-state index in [0.29, 0.717) is 54.5 Å². The Morgan fingerprint density at radius 2 is 1.81 bits per heavy atom. The van der Waals surface area contributed by atoms with E-state index in [-0.39, 0.29) is 55.2 Å². The van der Waals surface area contributed by atoms with Gasteiger partial charge in [-0.2, -0.15) is 10.2 Å². The summed E-state index contributed by atoms with van der Waals surface area (Å²) in [4.78, 5) is 61.2. The molecule has 62 heavy (non-hydrogen) atoms. The molecular weight excluding hydrogens is 813 g/mol. The number of nitrogens with zero attached hydrogens (tertiary/aromatic N) is 10. The fourth-order valence-corrected chi connectivity index (χ4v) is 9.47. The van der Waals surface area contributed by atoms with Gasteiger partial charge in [-0.3, -0.25) is 43.3 Å². The number of rotatable bonds is 9. The lowest BCUT2D eigenvalue weighted by atomic mass is 9.85. The Morgan fingerprint density at radius 1 is 1.03 bits per heavy atom. The minimum absolute atomic E-state index is 0.0508. The van der Waals surface area contributed by atoms with E-state index in [1.165, 1.54) is 30.7 Å². The molecule has 4 aromatic heterocycles. The summed E-state index contributed by atoms with van der Waals surface area (Å²) in [6, 6.07) is 5.93. The van der Waals surface area contributed by atoms with Crippen LogP contribution in [0.2, 0.25) is 0 Å². The maximum Gasteiger partial charge on any atom is 0.329 e. The number of fused-ring (bicyclic) bond motifs is 2. The molecule has 3 aliphatic heterocycles. The number of aromatic nitrogens is 7. The first-order valence-electron chi connectivity index (χ1n) is 20.9. The maximum atomic E-state index is 15.1. The zero-order valence-corrected chi connectivity index (χ0v) is 34.1. The number of hydrogen-bond acceptors (Lipinski definition) is 10. The quantitative estimate of drug-likeness (QED) is 0.124. The van der Waals surface area contributed by atoms with Crippen LogP contribution in [0.4, 0.5) is 29.1 Å². The van der Waals surface area contributed by atoms with Gasteiger partial charge in [0.05, 0.1) is 60.8 Å². The smallest absolute Gasteiger partial charge is 0.329 e. The molecular formula is C42H46F4N12O4. The van der Waals surface area contributed by atoms with Gasteiger partial charge in [0.25, 0.3) is 18.3 Å². The van der Waals surface area contributed by atoms with E-state index < -0.39 is 54.7 Å². The molecule has 5 aromatic rings. The molecule has 20 heteroatoms. The summed E-state index contributed by atoms with van der Waals surface area (Å²) in [7, 11) is 1.58. The lowest BCUT2D eigenvalue weighted by molar-refractivity contribution is -0.135. The van der Waals surface area contributed by atoms with E-state index in [0.717, 1.165) is 31.7 Å². The molecule has 1 aromatic carbocycles. The number of carbonyl (C=O) groups excluding carboxylic acids is 3. The molecule has 3 saturated heterocycles. The molecule has 4 aliphatic rings. The number of para-hydroxylation sites is 1. The van der Waals surface area contributed by atoms with Gasteiger partial charge >= 0.3 is 5.69 Å². The average molecular weight is 859 g/mol. The second kappa shape index (κ2) is 16.7. The average Bonchev–Trinajstić information content (AvgIpc) is 4.05. The molecule has 326 valence electrons. The molecule has 1 atom stereocenters. The Kier molecular flexibility index (Phi) is 11.1. The van der Waals surface area contributed by atoms with E-state index in [9.17, 15) is 28.0 Å². The normalized spacial score (nSPS) is 22.4. The Hall–Kier alpha value is -6.07. The van der Waals surface area contributed by atoms with Crippen LogP contribution in [0.1, 0.15) is 91.5 Å². The maximum absolute atomic E-state index is 15.1. The van der Waals surface area contributed by atoms with Crippen LogP contribution in [0, 0.1) is 17.8 Å². The number of hydrogen-bond donors (Lipinski definition) is 2. The SMILES string of the molecule is Cn1c(=O)n(C2CCC(=O)NC2=O)c2cccc(C#CCN3CN(C[C@H]4CC[C@H](n5cc(NC(=O)c6cnn7ccc(N8CCCC8)nc67)c(C(F)F)n5)CC4)CC(F)(F)C3)c21. The fourth-order valence-electron chi connectivity index (χ4n) is 9.47. The molecule has 0 spiro atoms. The van der Waals surface area contributed by atoms with Gasteiger partial charge < -0.3 is 10.2 Å². The summed E-state index contributed by atoms with van der Waals surface area (Å²) >= 11 is 0. The Labute approximate surface area is 352 Å². The Morgan fingerprint density at radius 3 is 2.56 bits per heavy atom. The first-order chi connectivity index (χ1) is 29.8. The van der Waals surface area contributed by atoms with Crippen LogP contribution < -0.4 is 21.2 Å². The van der Waals surface area contributed by atoms with Crippen molar-refractivity contribution in [2.24, 2.45) is 13.0 Å². The second-order valence-corrected chi connectivity index (χ2v) is 16.8. The molecule has 1 unspecified atom stereocenters. The largest absolute Gasteiger partial charge is 0.357 e. The highest BCUT2D eigenvalue weighted by Gasteiger charge is 2.40. The van der Waals surface area contributed by atoms with E-state index >= 15 is 8.78 Å². The minimum atomic E-state index is -2.97. The van der Waals surface area contributed by atoms with Crippen molar-refractivity contribution in [3.05, 3.63) is 70.2 Å². The summed E-state index contributed by atoms with van der Waals surface area (Å²) in [5.74, 6) is 2.37. The predicted octanol–water partition coefficient (Wildman–Crippen LogP) is 4.34. The Balaban J connectivity index is 0.824. The number of halogens is 4. The number of alkyl halides is 4. The molecule has 2 N–H and O–H groups in total. The van der Waals surface area contributed by atoms with Crippen molar-refractivity contribution >= 4 is 45.9 Å². The highest BCUT2D eigenvalue weighted by atomic mass is 19.3. The van der Waals surface area contributed by atoms with Gasteiger partial charge in [-0.25, -0.2) is 31.9 Å². The van der Waals surface area contributed by atoms with Gasteiger partial charge in [0.1, 0.15) is 17.4 Å². The van der Waals surface area contributed by atoms with Crippen LogP contribution in [0.25, 0.3) is 16.7 Å². The molecule has 9 rings (SSSR count). The van der Waals surface area contributed by atoms with Crippen LogP contribution in [-0.4, -0.2) is 113 Å². The summed E-state index contributed by atoms with van der Waals surface area (Å²) in [5.41, 5.74) is 0.922. The molecule has 1 aliphatic carbocycles. The van der Waals surface area contributed by atoms with Crippen LogP contribution in [-0.2, 0) is 16.6 Å². The number of benzene rings is 1. The van der Waals surface area contributed by atoms with Crippen molar-refractivity contribution in [1.82, 2.24) is 48.6 Å². The molecule has 4 fully saturated rings. The predicted molar refractivity (Wildman–Crippen MR) is 219 cm³/mol. The number of anilines is 2. The molecule has 0 bridgehead atoms. The first kappa shape index (κ1) is 41.3. The number of carbonyl (C=O) groups is 3. The van der Waals surface area contributed by atoms with Crippen molar-refractivity contribution in [2.75, 3.05) is 56.2 Å². The number of piperidine rings is 1. The molecule has 0 radical (unpaired) electrons. The number of nitrogens with one attached hydrogen (secondary N) is 2. The van der Waals surface area contributed by atoms with Crippen LogP contribution >= 0.6 is 0 Å². The van der Waals surface area contributed by atoms with Gasteiger partial charge in [0.15, 0.2) is 11.3 Å². The number of imide groups is 1. The van der Waals surface area contributed by atoms with Gasteiger partial charge in [-0.05, 0) is 69.1 Å². The number of amides is 3. The van der Waals surface area contributed by atoms with Gasteiger partial charge in [0, 0.05) is 45.5 Å². The van der Waals surface area contributed by atoms with Crippen molar-refractivity contribution < 1.29 is 31.9 Å². The zero-order chi connectivity index (χ0) is 43.3. The summed E-state index contributed by atoms with van der Waals surface area (Å²) in [5, 5.41) is 13.4. The molecule has 7 heterocycles. The van der Waals surface area contributed by atoms with Crippen molar-refractivity contribution in [2.45, 2.75) is 75.8 Å². The van der Waals surface area contributed by atoms with E-state index in [2.05, 4.69) is 42.6 Å². The monoisotopic (exact) mass is 858 g/mol. The van der Waals surface area contributed by atoms with Crippen LogP contribution in [0.15, 0.2) is 47.7 Å². The van der Waals surface area contributed by atoms with Crippen molar-refractivity contribution in [3.8, 4) is 11.8 Å². The van der Waals surface area contributed by atoms with Crippen molar-refractivity contribution in [1.29, 1.82) is 0 Å². The fraction of sp³-hybridized carbons (Fsp3) is 0.500. The highest BCUT2D eigenvalue weighted by Crippen LogP contribution is 2.36. The van der Waals surface area contributed by atoms with E-state index in [1.807, 2.05) is 6.07 Å². The third-order valence-electron chi connectivity index (χ3n) is 12.4. The molecule has 3 amide bonds. The lowest BCUT2D eigenvalue weighted by Crippen LogP contribution is -2.56. The summed E-state index contributed by atoms with van der Waals surface area (Å²) in [6.45, 7) is 1.63. The summed E-state index contributed by atoms with van der Waals surface area (Å²) in [6.07, 6.45) is 6.54. The highest BCUT2D eigenvalue weighted by molar-refractivity contribution is 6.08. The minimum Gasteiger partial charge on any atom is -0.357 e. The second-order valence-electron chi connectivity index (χ2n) is 16.8. The van der Waals surface area contributed by atoms with Crippen LogP contribution in [0.3, 0.4) is 0 Å². The first-order valence-corrected chi connectivity index (χ1v) is 20.9. The topological polar surface area (TPSA) is 160 Å². The molecule has 1 saturated carbocycles.